The van der Waals surface area contributed by atoms with E-state index in [1.807, 2.05) is 13.0 Å². The minimum Gasteiger partial charge on any atom is -0.493 e. The number of rotatable bonds is 10. The number of sulfonamides is 1. The predicted molar refractivity (Wildman–Crippen MR) is 123 cm³/mol. The van der Waals surface area contributed by atoms with Crippen molar-refractivity contribution in [3.63, 3.8) is 0 Å². The fraction of sp³-hybridized carbons (Fsp3) is 0.409. The van der Waals surface area contributed by atoms with Crippen molar-refractivity contribution in [2.45, 2.75) is 19.9 Å². The molecule has 1 N–H and O–H groups in total. The number of methoxy groups -OCH3 is 4. The summed E-state index contributed by atoms with van der Waals surface area (Å²) in [6.45, 7) is 3.34. The lowest BCUT2D eigenvalue weighted by Gasteiger charge is -2.24. The minimum absolute atomic E-state index is 0.124. The fourth-order valence-corrected chi connectivity index (χ4v) is 3.97. The molecule has 9 nitrogen and oxygen atoms in total. The highest BCUT2D eigenvalue weighted by Gasteiger charge is 2.26. The van der Waals surface area contributed by atoms with Crippen LogP contribution in [0.2, 0.25) is 0 Å². The SMILES string of the molecule is CCS(=O)(=O)N(C)c1cc(OC)c(OC)cc1C(=O)N[C@@H](C)c1ccc(OC)c(OC)c1. The first-order valence-electron chi connectivity index (χ1n) is 9.88. The van der Waals surface area contributed by atoms with Gasteiger partial charge in [0.15, 0.2) is 23.0 Å². The number of nitrogens with one attached hydrogen (secondary N) is 1. The average molecular weight is 467 g/mol. The summed E-state index contributed by atoms with van der Waals surface area (Å²) in [7, 11) is 3.73. The maximum Gasteiger partial charge on any atom is 0.254 e. The molecule has 2 aromatic rings. The van der Waals surface area contributed by atoms with E-state index < -0.39 is 22.0 Å². The van der Waals surface area contributed by atoms with Crippen molar-refractivity contribution in [1.82, 2.24) is 5.32 Å². The molecule has 176 valence electrons. The molecule has 0 aliphatic carbocycles. The van der Waals surface area contributed by atoms with Gasteiger partial charge in [-0.05, 0) is 37.6 Å². The van der Waals surface area contributed by atoms with Crippen LogP contribution in [0, 0.1) is 0 Å². The Labute approximate surface area is 189 Å². The first kappa shape index (κ1) is 25.1. The Hall–Kier alpha value is -3.14. The first-order valence-corrected chi connectivity index (χ1v) is 11.5. The zero-order valence-corrected chi connectivity index (χ0v) is 20.2. The van der Waals surface area contributed by atoms with Gasteiger partial charge in [0, 0.05) is 13.1 Å². The van der Waals surface area contributed by atoms with Gasteiger partial charge in [-0.1, -0.05) is 6.07 Å². The van der Waals surface area contributed by atoms with Crippen molar-refractivity contribution in [2.24, 2.45) is 0 Å². The first-order chi connectivity index (χ1) is 15.1. The molecule has 2 rings (SSSR count). The van der Waals surface area contributed by atoms with E-state index >= 15 is 0 Å². The minimum atomic E-state index is -3.62. The van der Waals surface area contributed by atoms with Gasteiger partial charge in [-0.2, -0.15) is 0 Å². The largest absolute Gasteiger partial charge is 0.493 e. The lowest BCUT2D eigenvalue weighted by molar-refractivity contribution is 0.0940. The van der Waals surface area contributed by atoms with Crippen LogP contribution >= 0.6 is 0 Å². The zero-order chi connectivity index (χ0) is 24.1. The normalized spacial score (nSPS) is 12.0. The molecule has 0 unspecified atom stereocenters. The predicted octanol–water partition coefficient (Wildman–Crippen LogP) is 3.00. The standard InChI is InChI=1S/C22H30N2O7S/c1-8-32(26,27)24(3)17-13-21(31-7)20(30-6)12-16(17)22(25)23-14(2)15-9-10-18(28-4)19(11-15)29-5/h9-14H,8H2,1-7H3,(H,23,25)/t14-/m0/s1. The van der Waals surface area contributed by atoms with Crippen molar-refractivity contribution in [3.8, 4) is 23.0 Å². The van der Waals surface area contributed by atoms with Gasteiger partial charge < -0.3 is 24.3 Å². The van der Waals surface area contributed by atoms with Crippen molar-refractivity contribution < 1.29 is 32.2 Å². The molecule has 0 saturated carbocycles. The van der Waals surface area contributed by atoms with Crippen LogP contribution in [0.4, 0.5) is 5.69 Å². The van der Waals surface area contributed by atoms with Crippen LogP contribution in [0.3, 0.4) is 0 Å². The second-order valence-corrected chi connectivity index (χ2v) is 9.19. The van der Waals surface area contributed by atoms with E-state index in [-0.39, 0.29) is 17.0 Å². The Bertz CT molecular complexity index is 1070. The topological polar surface area (TPSA) is 103 Å². The van der Waals surface area contributed by atoms with E-state index in [1.54, 1.807) is 19.2 Å². The molecule has 1 atom stereocenters. The second-order valence-electron chi connectivity index (χ2n) is 6.90. The number of carbonyl (C=O) groups is 1. The van der Waals surface area contributed by atoms with E-state index in [1.165, 1.54) is 47.4 Å². The van der Waals surface area contributed by atoms with Gasteiger partial charge >= 0.3 is 0 Å². The number of hydrogen-bond donors (Lipinski definition) is 1. The molecule has 0 bridgehead atoms. The highest BCUT2D eigenvalue weighted by atomic mass is 32.2. The van der Waals surface area contributed by atoms with Crippen molar-refractivity contribution >= 4 is 21.6 Å². The van der Waals surface area contributed by atoms with Crippen LogP contribution < -0.4 is 28.6 Å². The Morgan fingerprint density at radius 1 is 0.938 bits per heavy atom. The Morgan fingerprint density at radius 2 is 1.47 bits per heavy atom. The molecule has 0 spiro atoms. The molecular formula is C22H30N2O7S. The van der Waals surface area contributed by atoms with Crippen LogP contribution in [-0.4, -0.2) is 55.6 Å². The average Bonchev–Trinajstić information content (AvgIpc) is 2.81. The molecule has 0 aromatic heterocycles. The summed E-state index contributed by atoms with van der Waals surface area (Å²) < 4.78 is 47.3. The highest BCUT2D eigenvalue weighted by molar-refractivity contribution is 7.92. The smallest absolute Gasteiger partial charge is 0.254 e. The van der Waals surface area contributed by atoms with Gasteiger partial charge in [-0.15, -0.1) is 0 Å². The molecule has 0 saturated heterocycles. The number of benzene rings is 2. The Kier molecular flexibility index (Phi) is 8.20. The zero-order valence-electron chi connectivity index (χ0n) is 19.4. The summed E-state index contributed by atoms with van der Waals surface area (Å²) in [5.74, 6) is 1.13. The van der Waals surface area contributed by atoms with Crippen LogP contribution in [0.25, 0.3) is 0 Å². The molecule has 2 aromatic carbocycles. The molecule has 0 aliphatic heterocycles. The summed E-state index contributed by atoms with van der Waals surface area (Å²) in [5, 5.41) is 2.90. The van der Waals surface area contributed by atoms with Gasteiger partial charge in [0.05, 0.1) is 51.5 Å². The number of carbonyl (C=O) groups excluding carboxylic acids is 1. The number of amides is 1. The highest BCUT2D eigenvalue weighted by Crippen LogP contribution is 2.36. The van der Waals surface area contributed by atoms with Crippen molar-refractivity contribution in [2.75, 3.05) is 45.5 Å². The number of anilines is 1. The van der Waals surface area contributed by atoms with E-state index in [2.05, 4.69) is 5.32 Å². The number of nitrogens with zero attached hydrogens (tertiary/aromatic N) is 1. The summed E-state index contributed by atoms with van der Waals surface area (Å²) in [6, 6.07) is 7.87. The summed E-state index contributed by atoms with van der Waals surface area (Å²) in [6.07, 6.45) is 0. The van der Waals surface area contributed by atoms with Gasteiger partial charge in [0.25, 0.3) is 5.91 Å². The van der Waals surface area contributed by atoms with E-state index in [4.69, 9.17) is 18.9 Å². The molecular weight excluding hydrogens is 436 g/mol. The fourth-order valence-electron chi connectivity index (χ4n) is 3.13. The number of hydrogen-bond acceptors (Lipinski definition) is 7. The molecule has 0 heterocycles. The van der Waals surface area contributed by atoms with Gasteiger partial charge in [0.1, 0.15) is 0 Å². The molecule has 0 radical (unpaired) electrons. The third-order valence-corrected chi connectivity index (χ3v) is 6.88. The molecule has 0 aliphatic rings. The monoisotopic (exact) mass is 466 g/mol. The van der Waals surface area contributed by atoms with E-state index in [0.717, 1.165) is 9.87 Å². The lowest BCUT2D eigenvalue weighted by atomic mass is 10.1. The summed E-state index contributed by atoms with van der Waals surface area (Å²) in [4.78, 5) is 13.2. The van der Waals surface area contributed by atoms with Crippen molar-refractivity contribution in [3.05, 3.63) is 41.5 Å². The maximum atomic E-state index is 13.2. The van der Waals surface area contributed by atoms with Gasteiger partial charge in [-0.25, -0.2) is 8.42 Å². The maximum absolute atomic E-state index is 13.2. The number of ether oxygens (including phenoxy) is 4. The van der Waals surface area contributed by atoms with Crippen LogP contribution in [0.1, 0.15) is 35.8 Å². The lowest BCUT2D eigenvalue weighted by Crippen LogP contribution is -2.32. The van der Waals surface area contributed by atoms with E-state index in [9.17, 15) is 13.2 Å². The van der Waals surface area contributed by atoms with E-state index in [0.29, 0.717) is 23.0 Å². The van der Waals surface area contributed by atoms with Crippen LogP contribution in [0.15, 0.2) is 30.3 Å². The quantitative estimate of drug-likeness (QED) is 0.574. The third-order valence-electron chi connectivity index (χ3n) is 5.12. The van der Waals surface area contributed by atoms with Gasteiger partial charge in [0.2, 0.25) is 10.0 Å². The molecule has 1 amide bonds. The Balaban J connectivity index is 2.47. The molecule has 10 heteroatoms. The summed E-state index contributed by atoms with van der Waals surface area (Å²) in [5.41, 5.74) is 1.10. The van der Waals surface area contributed by atoms with Crippen molar-refractivity contribution in [1.29, 1.82) is 0 Å². The Morgan fingerprint density at radius 3 is 2.00 bits per heavy atom. The van der Waals surface area contributed by atoms with Crippen LogP contribution in [-0.2, 0) is 10.0 Å². The molecule has 0 fully saturated rings. The van der Waals surface area contributed by atoms with Gasteiger partial charge in [-0.3, -0.25) is 9.10 Å². The second kappa shape index (κ2) is 10.4. The molecule has 32 heavy (non-hydrogen) atoms. The third kappa shape index (κ3) is 5.18. The van der Waals surface area contributed by atoms with Crippen LogP contribution in [0.5, 0.6) is 23.0 Å². The summed E-state index contributed by atoms with van der Waals surface area (Å²) >= 11 is 0.